The van der Waals surface area contributed by atoms with Crippen molar-refractivity contribution in [3.63, 3.8) is 0 Å². The minimum atomic E-state index is 0.612. The van der Waals surface area contributed by atoms with E-state index in [1.54, 1.807) is 6.07 Å². The molecular formula is C9H9N5. The summed E-state index contributed by atoms with van der Waals surface area (Å²) in [5.41, 5.74) is 9.87. The number of azide groups is 1. The first kappa shape index (κ1) is 8.59. The van der Waals surface area contributed by atoms with Crippen molar-refractivity contribution in [3.8, 4) is 0 Å². The van der Waals surface area contributed by atoms with Crippen LogP contribution >= 0.6 is 0 Å². The van der Waals surface area contributed by atoms with E-state index in [0.717, 1.165) is 24.5 Å². The van der Waals surface area contributed by atoms with Gasteiger partial charge in [-0.05, 0) is 11.6 Å². The predicted molar refractivity (Wildman–Crippen MR) is 54.7 cm³/mol. The Morgan fingerprint density at radius 1 is 1.50 bits per heavy atom. The molecular weight excluding hydrogens is 178 g/mol. The molecule has 0 unspecified atom stereocenters. The van der Waals surface area contributed by atoms with Gasteiger partial charge in [0.25, 0.3) is 0 Å². The molecule has 0 saturated heterocycles. The summed E-state index contributed by atoms with van der Waals surface area (Å²) in [6.45, 7) is 1.68. The lowest BCUT2D eigenvalue weighted by Crippen LogP contribution is -2.19. The second-order valence-electron chi connectivity index (χ2n) is 2.90. The Hall–Kier alpha value is -2.00. The van der Waals surface area contributed by atoms with Gasteiger partial charge in [0.2, 0.25) is 0 Å². The number of benzene rings is 1. The van der Waals surface area contributed by atoms with E-state index in [2.05, 4.69) is 20.3 Å². The van der Waals surface area contributed by atoms with Crippen molar-refractivity contribution in [1.82, 2.24) is 5.32 Å². The second kappa shape index (κ2) is 3.81. The van der Waals surface area contributed by atoms with Crippen LogP contribution in [0.1, 0.15) is 5.56 Å². The molecule has 0 amide bonds. The molecule has 0 atom stereocenters. The normalized spacial score (nSPS) is 14.1. The maximum atomic E-state index is 8.29. The van der Waals surface area contributed by atoms with Gasteiger partial charge in [-0.25, -0.2) is 0 Å². The minimum absolute atomic E-state index is 0.612. The largest absolute Gasteiger partial charge is 0.368 e. The van der Waals surface area contributed by atoms with E-state index in [1.165, 1.54) is 0 Å². The van der Waals surface area contributed by atoms with Crippen LogP contribution in [0.2, 0.25) is 0 Å². The van der Waals surface area contributed by atoms with Gasteiger partial charge >= 0.3 is 0 Å². The number of nitrogens with one attached hydrogen (secondary N) is 1. The highest BCUT2D eigenvalue weighted by molar-refractivity contribution is 6.00. The lowest BCUT2D eigenvalue weighted by Gasteiger charge is -2.02. The number of rotatable bonds is 2. The molecule has 0 saturated carbocycles. The third kappa shape index (κ3) is 1.67. The quantitative estimate of drug-likeness (QED) is 0.429. The van der Waals surface area contributed by atoms with E-state index < -0.39 is 0 Å². The summed E-state index contributed by atoms with van der Waals surface area (Å²) < 4.78 is 0. The topological polar surface area (TPSA) is 73.2 Å². The van der Waals surface area contributed by atoms with Gasteiger partial charge in [-0.3, -0.25) is 4.99 Å². The zero-order valence-corrected chi connectivity index (χ0v) is 7.51. The molecule has 0 radical (unpaired) electrons. The minimum Gasteiger partial charge on any atom is -0.368 e. The summed E-state index contributed by atoms with van der Waals surface area (Å²) in [5.74, 6) is 0.875. The monoisotopic (exact) mass is 187 g/mol. The van der Waals surface area contributed by atoms with Crippen molar-refractivity contribution in [2.45, 2.75) is 0 Å². The molecule has 2 rings (SSSR count). The van der Waals surface area contributed by atoms with Crippen LogP contribution in [0.5, 0.6) is 0 Å². The lowest BCUT2D eigenvalue weighted by molar-refractivity contribution is 0.960. The Kier molecular flexibility index (Phi) is 2.34. The molecule has 0 spiro atoms. The molecule has 5 nitrogen and oxygen atoms in total. The molecule has 0 bridgehead atoms. The van der Waals surface area contributed by atoms with Crippen LogP contribution in [-0.2, 0) is 0 Å². The summed E-state index contributed by atoms with van der Waals surface area (Å²) >= 11 is 0. The number of nitrogens with zero attached hydrogens (tertiary/aromatic N) is 4. The fourth-order valence-electron chi connectivity index (χ4n) is 1.36. The molecule has 1 aliphatic rings. The Morgan fingerprint density at radius 2 is 2.43 bits per heavy atom. The van der Waals surface area contributed by atoms with Gasteiger partial charge < -0.3 is 5.32 Å². The maximum Gasteiger partial charge on any atom is 0.128 e. The highest BCUT2D eigenvalue weighted by Gasteiger charge is 2.07. The Balaban J connectivity index is 2.34. The van der Waals surface area contributed by atoms with Crippen LogP contribution in [0.3, 0.4) is 0 Å². The molecule has 1 aromatic rings. The average molecular weight is 187 g/mol. The summed E-state index contributed by atoms with van der Waals surface area (Å²) in [5, 5.41) is 6.69. The molecule has 0 fully saturated rings. The molecule has 14 heavy (non-hydrogen) atoms. The Labute approximate surface area is 81.1 Å². The highest BCUT2D eigenvalue weighted by Crippen LogP contribution is 2.15. The second-order valence-corrected chi connectivity index (χ2v) is 2.90. The van der Waals surface area contributed by atoms with Crippen LogP contribution in [0, 0.1) is 0 Å². The molecule has 0 aromatic heterocycles. The van der Waals surface area contributed by atoms with E-state index in [-0.39, 0.29) is 0 Å². The fraction of sp³-hybridized carbons (Fsp3) is 0.222. The van der Waals surface area contributed by atoms with Crippen molar-refractivity contribution in [3.05, 3.63) is 40.3 Å². The van der Waals surface area contributed by atoms with Gasteiger partial charge in [0.1, 0.15) is 5.84 Å². The van der Waals surface area contributed by atoms with Crippen molar-refractivity contribution in [1.29, 1.82) is 0 Å². The first-order chi connectivity index (χ1) is 6.90. The lowest BCUT2D eigenvalue weighted by atomic mass is 10.2. The summed E-state index contributed by atoms with van der Waals surface area (Å²) in [7, 11) is 0. The van der Waals surface area contributed by atoms with Crippen LogP contribution in [0.25, 0.3) is 10.4 Å². The van der Waals surface area contributed by atoms with E-state index in [4.69, 9.17) is 5.53 Å². The first-order valence-corrected chi connectivity index (χ1v) is 4.34. The number of amidine groups is 1. The molecule has 1 N–H and O–H groups in total. The number of aliphatic imine (C=N–C) groups is 1. The molecule has 1 aromatic carbocycles. The number of hydrogen-bond donors (Lipinski definition) is 1. The molecule has 0 aliphatic carbocycles. The van der Waals surface area contributed by atoms with Crippen molar-refractivity contribution >= 4 is 11.5 Å². The molecule has 5 heteroatoms. The predicted octanol–water partition coefficient (Wildman–Crippen LogP) is 1.98. The van der Waals surface area contributed by atoms with Gasteiger partial charge in [0, 0.05) is 22.7 Å². The van der Waals surface area contributed by atoms with Gasteiger partial charge in [0.15, 0.2) is 0 Å². The summed E-state index contributed by atoms with van der Waals surface area (Å²) in [6, 6.07) is 7.37. The fourth-order valence-corrected chi connectivity index (χ4v) is 1.36. The third-order valence-corrected chi connectivity index (χ3v) is 1.95. The molecule has 1 aliphatic heterocycles. The SMILES string of the molecule is [N-]=[N+]=Nc1cccc(C2=NCCN2)c1. The Bertz CT molecular complexity index is 417. The van der Waals surface area contributed by atoms with Gasteiger partial charge in [-0.15, -0.1) is 0 Å². The smallest absolute Gasteiger partial charge is 0.128 e. The highest BCUT2D eigenvalue weighted by atomic mass is 15.1. The van der Waals surface area contributed by atoms with Crippen LogP contribution < -0.4 is 5.32 Å². The van der Waals surface area contributed by atoms with Crippen LogP contribution in [0.4, 0.5) is 5.69 Å². The van der Waals surface area contributed by atoms with Crippen LogP contribution in [-0.4, -0.2) is 18.9 Å². The van der Waals surface area contributed by atoms with Crippen molar-refractivity contribution in [2.24, 2.45) is 10.1 Å². The van der Waals surface area contributed by atoms with Gasteiger partial charge in [-0.1, -0.05) is 23.3 Å². The number of hydrogen-bond acceptors (Lipinski definition) is 3. The average Bonchev–Trinajstić information content (AvgIpc) is 2.71. The first-order valence-electron chi connectivity index (χ1n) is 4.34. The molecule has 70 valence electrons. The standard InChI is InChI=1S/C9H9N5/c10-14-13-8-3-1-2-7(6-8)9-11-4-5-12-9/h1-3,6H,4-5H2,(H,11,12). The third-order valence-electron chi connectivity index (χ3n) is 1.95. The van der Waals surface area contributed by atoms with E-state index in [0.29, 0.717) is 5.69 Å². The van der Waals surface area contributed by atoms with Gasteiger partial charge in [0.05, 0.1) is 6.54 Å². The van der Waals surface area contributed by atoms with E-state index in [1.807, 2.05) is 18.2 Å². The van der Waals surface area contributed by atoms with E-state index >= 15 is 0 Å². The zero-order valence-electron chi connectivity index (χ0n) is 7.51. The van der Waals surface area contributed by atoms with E-state index in [9.17, 15) is 0 Å². The van der Waals surface area contributed by atoms with Crippen molar-refractivity contribution in [2.75, 3.05) is 13.1 Å². The maximum absolute atomic E-state index is 8.29. The summed E-state index contributed by atoms with van der Waals surface area (Å²) in [4.78, 5) is 7.02. The van der Waals surface area contributed by atoms with Gasteiger partial charge in [-0.2, -0.15) is 0 Å². The zero-order chi connectivity index (χ0) is 9.80. The van der Waals surface area contributed by atoms with Crippen LogP contribution in [0.15, 0.2) is 34.4 Å². The summed E-state index contributed by atoms with van der Waals surface area (Å²) in [6.07, 6.45) is 0. The van der Waals surface area contributed by atoms with Crippen molar-refractivity contribution < 1.29 is 0 Å². The molecule has 1 heterocycles. The Morgan fingerprint density at radius 3 is 3.14 bits per heavy atom.